The third kappa shape index (κ3) is 7.68. The highest BCUT2D eigenvalue weighted by Gasteiger charge is 2.41. The number of sulfonamides is 2. The Hall–Kier alpha value is -2.64. The summed E-state index contributed by atoms with van der Waals surface area (Å²) < 4.78 is 68.1. The second-order valence-corrected chi connectivity index (χ2v) is 16.9. The van der Waals surface area contributed by atoms with E-state index in [1.54, 1.807) is 25.3 Å². The summed E-state index contributed by atoms with van der Waals surface area (Å²) in [5.41, 5.74) is 1.26. The van der Waals surface area contributed by atoms with Crippen LogP contribution in [0.4, 0.5) is 5.69 Å². The number of hydrogen-bond acceptors (Lipinski definition) is 8. The number of nitrogens with one attached hydrogen (secondary N) is 1. The van der Waals surface area contributed by atoms with Crippen LogP contribution in [0.2, 0.25) is 5.02 Å². The highest BCUT2D eigenvalue weighted by atomic mass is 35.5. The van der Waals surface area contributed by atoms with Crippen LogP contribution in [0.1, 0.15) is 50.7 Å². The first kappa shape index (κ1) is 33.7. The van der Waals surface area contributed by atoms with Gasteiger partial charge in [0.2, 0.25) is 10.0 Å². The molecule has 2 aliphatic heterocycles. The van der Waals surface area contributed by atoms with E-state index < -0.39 is 37.6 Å². The maximum absolute atomic E-state index is 13.5. The van der Waals surface area contributed by atoms with Gasteiger partial charge in [0.05, 0.1) is 23.4 Å². The first-order valence-electron chi connectivity index (χ1n) is 15.3. The molecule has 2 aromatic rings. The van der Waals surface area contributed by atoms with Crippen LogP contribution in [0.15, 0.2) is 53.4 Å². The number of fused-ring (bicyclic) bond motifs is 3. The zero-order valence-electron chi connectivity index (χ0n) is 26.2. The van der Waals surface area contributed by atoms with E-state index in [9.17, 15) is 21.6 Å². The Morgan fingerprint density at radius 1 is 1.09 bits per heavy atom. The van der Waals surface area contributed by atoms with Crippen LogP contribution >= 0.6 is 11.6 Å². The van der Waals surface area contributed by atoms with E-state index in [2.05, 4.69) is 9.62 Å². The molecule has 45 heavy (non-hydrogen) atoms. The van der Waals surface area contributed by atoms with E-state index in [-0.39, 0.29) is 29.9 Å². The van der Waals surface area contributed by atoms with Crippen molar-refractivity contribution < 1.29 is 31.1 Å². The molecule has 1 aliphatic carbocycles. The first-order valence-corrected chi connectivity index (χ1v) is 19.0. The SMILES string of the molecule is CN([C@H]1/C=C/COC(C)(C)C(=O)NS(=O)(=O)c2ccc3c(c2)N(CCCCc2cc(Cl)ccc2CO3)C[C@@H]2CC[C@H]21)S(C)(=O)=O. The van der Waals surface area contributed by atoms with Crippen molar-refractivity contribution >= 4 is 43.2 Å². The van der Waals surface area contributed by atoms with Crippen molar-refractivity contribution in [3.63, 3.8) is 0 Å². The van der Waals surface area contributed by atoms with E-state index in [1.165, 1.54) is 30.5 Å². The number of hydrogen-bond donors (Lipinski definition) is 1. The van der Waals surface area contributed by atoms with Gasteiger partial charge in [-0.3, -0.25) is 4.79 Å². The Balaban J connectivity index is 1.59. The van der Waals surface area contributed by atoms with E-state index in [4.69, 9.17) is 21.1 Å². The molecule has 1 N–H and O–H groups in total. The molecule has 0 unspecified atom stereocenters. The molecular weight excluding hydrogens is 638 g/mol. The summed E-state index contributed by atoms with van der Waals surface area (Å²) >= 11 is 6.31. The normalized spacial score (nSPS) is 26.2. The van der Waals surface area contributed by atoms with Crippen LogP contribution in [0.5, 0.6) is 5.75 Å². The lowest BCUT2D eigenvalue weighted by molar-refractivity contribution is -0.139. The first-order chi connectivity index (χ1) is 21.2. The average molecular weight is 680 g/mol. The fourth-order valence-electron chi connectivity index (χ4n) is 6.21. The number of rotatable bonds is 2. The van der Waals surface area contributed by atoms with Gasteiger partial charge < -0.3 is 14.4 Å². The lowest BCUT2D eigenvalue weighted by atomic mass is 9.69. The van der Waals surface area contributed by atoms with Crippen molar-refractivity contribution in [3.8, 4) is 5.75 Å². The van der Waals surface area contributed by atoms with Crippen molar-refractivity contribution in [1.29, 1.82) is 0 Å². The zero-order valence-corrected chi connectivity index (χ0v) is 28.6. The van der Waals surface area contributed by atoms with Crippen molar-refractivity contribution in [2.75, 3.05) is 37.9 Å². The van der Waals surface area contributed by atoms with Gasteiger partial charge in [0, 0.05) is 31.2 Å². The Bertz CT molecular complexity index is 1680. The van der Waals surface area contributed by atoms with Gasteiger partial charge in [-0.25, -0.2) is 21.6 Å². The average Bonchev–Trinajstić information content (AvgIpc) is 2.98. The maximum atomic E-state index is 13.5. The van der Waals surface area contributed by atoms with Crippen molar-refractivity contribution in [2.45, 2.75) is 69.1 Å². The summed E-state index contributed by atoms with van der Waals surface area (Å²) in [5, 5.41) is 0.666. The minimum absolute atomic E-state index is 0.00185. The van der Waals surface area contributed by atoms with Gasteiger partial charge >= 0.3 is 0 Å². The molecule has 0 saturated heterocycles. The second kappa shape index (κ2) is 13.2. The number of nitrogens with zero attached hydrogens (tertiary/aromatic N) is 2. The molecule has 13 heteroatoms. The molecule has 3 aliphatic rings. The van der Waals surface area contributed by atoms with Crippen LogP contribution in [-0.2, 0) is 42.6 Å². The maximum Gasteiger partial charge on any atom is 0.265 e. The lowest BCUT2D eigenvalue weighted by Gasteiger charge is -2.46. The summed E-state index contributed by atoms with van der Waals surface area (Å²) in [4.78, 5) is 15.2. The molecule has 246 valence electrons. The third-order valence-electron chi connectivity index (χ3n) is 9.22. The Morgan fingerprint density at radius 3 is 2.58 bits per heavy atom. The van der Waals surface area contributed by atoms with Crippen molar-refractivity contribution in [3.05, 3.63) is 64.7 Å². The third-order valence-corrected chi connectivity index (χ3v) is 12.1. The van der Waals surface area contributed by atoms with E-state index >= 15 is 0 Å². The fraction of sp³-hybridized carbons (Fsp3) is 0.531. The molecule has 2 aromatic carbocycles. The summed E-state index contributed by atoms with van der Waals surface area (Å²) in [6.45, 7) is 4.48. The smallest absolute Gasteiger partial charge is 0.265 e. The lowest BCUT2D eigenvalue weighted by Crippen LogP contribution is -2.50. The quantitative estimate of drug-likeness (QED) is 0.460. The number of aryl methyl sites for hydroxylation is 1. The predicted molar refractivity (Wildman–Crippen MR) is 174 cm³/mol. The highest BCUT2D eigenvalue weighted by molar-refractivity contribution is 7.90. The van der Waals surface area contributed by atoms with E-state index in [0.717, 1.165) is 43.2 Å². The fourth-order valence-corrected chi connectivity index (χ4v) is 8.20. The minimum Gasteiger partial charge on any atom is -0.487 e. The van der Waals surface area contributed by atoms with Crippen molar-refractivity contribution in [1.82, 2.24) is 9.03 Å². The van der Waals surface area contributed by atoms with E-state index in [0.29, 0.717) is 29.5 Å². The summed E-state index contributed by atoms with van der Waals surface area (Å²) in [5.74, 6) is -0.116. The molecule has 3 atom stereocenters. The van der Waals surface area contributed by atoms with Gasteiger partial charge in [-0.15, -0.1) is 0 Å². The molecule has 2 heterocycles. The van der Waals surface area contributed by atoms with Gasteiger partial charge in [-0.2, -0.15) is 4.31 Å². The van der Waals surface area contributed by atoms with Crippen LogP contribution in [0.25, 0.3) is 0 Å². The molecule has 1 fully saturated rings. The molecule has 1 amide bonds. The summed E-state index contributed by atoms with van der Waals surface area (Å²) in [6.07, 6.45) is 9.03. The van der Waals surface area contributed by atoms with Gasteiger partial charge in [-0.05, 0) is 99.2 Å². The number of anilines is 1. The molecule has 1 saturated carbocycles. The van der Waals surface area contributed by atoms with E-state index in [1.807, 2.05) is 24.3 Å². The summed E-state index contributed by atoms with van der Waals surface area (Å²) in [6, 6.07) is 10.0. The summed E-state index contributed by atoms with van der Waals surface area (Å²) in [7, 11) is -6.15. The number of amides is 1. The number of carbonyl (C=O) groups is 1. The number of benzene rings is 2. The molecule has 5 rings (SSSR count). The molecule has 0 radical (unpaired) electrons. The number of halogens is 1. The molecular formula is C32H42ClN3O7S2. The number of carbonyl (C=O) groups excluding carboxylic acids is 1. The van der Waals surface area contributed by atoms with Gasteiger partial charge in [-0.1, -0.05) is 29.8 Å². The number of ether oxygens (including phenoxy) is 2. The van der Waals surface area contributed by atoms with Gasteiger partial charge in [0.15, 0.2) is 0 Å². The molecule has 10 nitrogen and oxygen atoms in total. The Labute approximate surface area is 271 Å². The largest absolute Gasteiger partial charge is 0.487 e. The highest BCUT2D eigenvalue weighted by Crippen LogP contribution is 2.42. The molecule has 0 aromatic heterocycles. The zero-order chi connectivity index (χ0) is 32.6. The molecule has 0 spiro atoms. The second-order valence-electron chi connectivity index (χ2n) is 12.7. The van der Waals surface area contributed by atoms with Crippen molar-refractivity contribution in [2.24, 2.45) is 11.8 Å². The molecule has 2 bridgehead atoms. The predicted octanol–water partition coefficient (Wildman–Crippen LogP) is 4.52. The Kier molecular flexibility index (Phi) is 9.91. The van der Waals surface area contributed by atoms with Gasteiger partial charge in [0.1, 0.15) is 18.0 Å². The van der Waals surface area contributed by atoms with Crippen LogP contribution in [0.3, 0.4) is 0 Å². The van der Waals surface area contributed by atoms with Crippen LogP contribution in [-0.4, -0.2) is 71.7 Å². The Morgan fingerprint density at radius 2 is 1.87 bits per heavy atom. The monoisotopic (exact) mass is 679 g/mol. The van der Waals surface area contributed by atoms with Crippen LogP contribution < -0.4 is 14.4 Å². The number of likely N-dealkylation sites (N-methyl/N-ethyl adjacent to an activating group) is 1. The topological polar surface area (TPSA) is 122 Å². The van der Waals surface area contributed by atoms with Crippen LogP contribution in [0, 0.1) is 11.8 Å². The van der Waals surface area contributed by atoms with Gasteiger partial charge in [0.25, 0.3) is 15.9 Å². The minimum atomic E-state index is -4.24. The standard InChI is InChI=1S/C32H42ClN3O7S2/c1-32(2)31(37)34-45(40,41)26-13-15-30-29(19-26)36(16-6-5-8-22-18-25(33)12-10-24(22)21-42-30)20-23-11-14-27(23)28(9-7-17-43-32)35(3)44(4,38)39/h7,9-10,12-13,15,18-19,23,27-28H,5-6,8,11,14,16-17,20-21H2,1-4H3,(H,34,37)/b9-7+/t23-,27+,28-/m0/s1.